The van der Waals surface area contributed by atoms with Gasteiger partial charge in [0.2, 0.25) is 0 Å². The molecule has 4 N–H and O–H groups in total. The van der Waals surface area contributed by atoms with E-state index in [9.17, 15) is 0 Å². The Balaban J connectivity index is 2.23. The standard InChI is InChI=1S/C14H19N3O/c1-10(6-7-18)8-17-14-11-4-2-3-5-13(11)16-9-12(14)15/h2-5,9-10,18H,6-8,15H2,1H3,(H,16,17). The fourth-order valence-corrected chi connectivity index (χ4v) is 1.95. The predicted octanol–water partition coefficient (Wildman–Crippen LogP) is 2.25. The minimum atomic E-state index is 0.218. The fourth-order valence-electron chi connectivity index (χ4n) is 1.95. The molecule has 1 unspecified atom stereocenters. The molecule has 1 aromatic heterocycles. The van der Waals surface area contributed by atoms with Gasteiger partial charge in [0, 0.05) is 18.5 Å². The van der Waals surface area contributed by atoms with Crippen molar-refractivity contribution in [2.45, 2.75) is 13.3 Å². The van der Waals surface area contributed by atoms with Crippen LogP contribution < -0.4 is 11.1 Å². The highest BCUT2D eigenvalue weighted by molar-refractivity contribution is 5.96. The third-order valence-electron chi connectivity index (χ3n) is 3.05. The van der Waals surface area contributed by atoms with Crippen molar-refractivity contribution in [3.63, 3.8) is 0 Å². The molecular formula is C14H19N3O. The number of nitrogens with one attached hydrogen (secondary N) is 1. The monoisotopic (exact) mass is 245 g/mol. The lowest BCUT2D eigenvalue weighted by Gasteiger charge is -2.15. The molecule has 0 saturated heterocycles. The van der Waals surface area contributed by atoms with Gasteiger partial charge in [-0.3, -0.25) is 4.98 Å². The number of pyridine rings is 1. The summed E-state index contributed by atoms with van der Waals surface area (Å²) >= 11 is 0. The summed E-state index contributed by atoms with van der Waals surface area (Å²) in [6, 6.07) is 7.92. The van der Waals surface area contributed by atoms with Crippen molar-refractivity contribution in [2.24, 2.45) is 5.92 Å². The van der Waals surface area contributed by atoms with E-state index < -0.39 is 0 Å². The molecule has 4 nitrogen and oxygen atoms in total. The molecule has 0 spiro atoms. The molecule has 0 aliphatic carbocycles. The van der Waals surface area contributed by atoms with Crippen molar-refractivity contribution >= 4 is 22.3 Å². The number of aromatic nitrogens is 1. The van der Waals surface area contributed by atoms with E-state index in [1.54, 1.807) is 6.20 Å². The van der Waals surface area contributed by atoms with Crippen LogP contribution >= 0.6 is 0 Å². The number of fused-ring (bicyclic) bond motifs is 1. The van der Waals surface area contributed by atoms with E-state index in [2.05, 4.69) is 17.2 Å². The Bertz CT molecular complexity index is 527. The minimum Gasteiger partial charge on any atom is -0.396 e. The second-order valence-corrected chi connectivity index (χ2v) is 4.60. The summed E-state index contributed by atoms with van der Waals surface area (Å²) in [5.41, 5.74) is 8.50. The van der Waals surface area contributed by atoms with Crippen LogP contribution in [-0.2, 0) is 0 Å². The summed E-state index contributed by atoms with van der Waals surface area (Å²) < 4.78 is 0. The first-order valence-corrected chi connectivity index (χ1v) is 6.20. The Morgan fingerprint density at radius 1 is 1.39 bits per heavy atom. The normalized spacial score (nSPS) is 12.6. The maximum Gasteiger partial charge on any atom is 0.0743 e. The van der Waals surface area contributed by atoms with Crippen LogP contribution in [0.25, 0.3) is 10.9 Å². The SMILES string of the molecule is CC(CCO)CNc1c(N)cnc2ccccc12. The quantitative estimate of drug-likeness (QED) is 0.755. The first-order valence-electron chi connectivity index (χ1n) is 6.20. The number of hydrogen-bond donors (Lipinski definition) is 3. The number of nitrogens with zero attached hydrogens (tertiary/aromatic N) is 1. The van der Waals surface area contributed by atoms with Crippen LogP contribution in [0.5, 0.6) is 0 Å². The maximum atomic E-state index is 8.90. The molecule has 0 aliphatic rings. The Labute approximate surface area is 107 Å². The van der Waals surface area contributed by atoms with Gasteiger partial charge >= 0.3 is 0 Å². The molecule has 0 amide bonds. The van der Waals surface area contributed by atoms with Gasteiger partial charge in [0.25, 0.3) is 0 Å². The van der Waals surface area contributed by atoms with Crippen LogP contribution in [0.3, 0.4) is 0 Å². The van der Waals surface area contributed by atoms with Crippen LogP contribution in [0.15, 0.2) is 30.5 Å². The molecule has 2 aromatic rings. The summed E-state index contributed by atoms with van der Waals surface area (Å²) in [5.74, 6) is 0.404. The number of para-hydroxylation sites is 1. The van der Waals surface area contributed by atoms with Gasteiger partial charge in [-0.25, -0.2) is 0 Å². The first-order chi connectivity index (χ1) is 8.72. The molecule has 0 aliphatic heterocycles. The Morgan fingerprint density at radius 3 is 2.94 bits per heavy atom. The van der Waals surface area contributed by atoms with Gasteiger partial charge in [-0.05, 0) is 18.4 Å². The smallest absolute Gasteiger partial charge is 0.0743 e. The third kappa shape index (κ3) is 2.71. The zero-order valence-electron chi connectivity index (χ0n) is 10.6. The van der Waals surface area contributed by atoms with Crippen LogP contribution in [0, 0.1) is 5.92 Å². The Hall–Kier alpha value is -1.81. The van der Waals surface area contributed by atoms with Crippen molar-refractivity contribution in [3.8, 4) is 0 Å². The number of anilines is 2. The van der Waals surface area contributed by atoms with E-state index in [0.717, 1.165) is 29.6 Å². The maximum absolute atomic E-state index is 8.90. The molecule has 1 aromatic carbocycles. The van der Waals surface area contributed by atoms with Crippen molar-refractivity contribution in [1.29, 1.82) is 0 Å². The lowest BCUT2D eigenvalue weighted by atomic mass is 10.1. The molecule has 4 heteroatoms. The van der Waals surface area contributed by atoms with Crippen molar-refractivity contribution in [3.05, 3.63) is 30.5 Å². The Kier molecular flexibility index (Phi) is 3.99. The summed E-state index contributed by atoms with van der Waals surface area (Å²) in [4.78, 5) is 4.30. The molecule has 1 atom stereocenters. The highest BCUT2D eigenvalue weighted by Crippen LogP contribution is 2.27. The molecule has 18 heavy (non-hydrogen) atoms. The zero-order chi connectivity index (χ0) is 13.0. The molecule has 0 radical (unpaired) electrons. The topological polar surface area (TPSA) is 71.2 Å². The number of nitrogen functional groups attached to an aromatic ring is 1. The number of benzene rings is 1. The lowest BCUT2D eigenvalue weighted by molar-refractivity contribution is 0.266. The molecule has 0 saturated carbocycles. The second-order valence-electron chi connectivity index (χ2n) is 4.60. The highest BCUT2D eigenvalue weighted by Gasteiger charge is 2.07. The van der Waals surface area contributed by atoms with Crippen molar-refractivity contribution in [2.75, 3.05) is 24.2 Å². The first kappa shape index (κ1) is 12.6. The number of aliphatic hydroxyl groups excluding tert-OH is 1. The molecule has 96 valence electrons. The number of rotatable bonds is 5. The predicted molar refractivity (Wildman–Crippen MR) is 75.5 cm³/mol. The van der Waals surface area contributed by atoms with E-state index >= 15 is 0 Å². The van der Waals surface area contributed by atoms with Gasteiger partial charge in [0.15, 0.2) is 0 Å². The largest absolute Gasteiger partial charge is 0.396 e. The number of aliphatic hydroxyl groups is 1. The fraction of sp³-hybridized carbons (Fsp3) is 0.357. The van der Waals surface area contributed by atoms with E-state index in [1.807, 2.05) is 24.3 Å². The van der Waals surface area contributed by atoms with Crippen molar-refractivity contribution < 1.29 is 5.11 Å². The van der Waals surface area contributed by atoms with Gasteiger partial charge in [0.05, 0.1) is 23.1 Å². The minimum absolute atomic E-state index is 0.218. The molecule has 0 fully saturated rings. The average molecular weight is 245 g/mol. The zero-order valence-corrected chi connectivity index (χ0v) is 10.6. The molecule has 0 bridgehead atoms. The van der Waals surface area contributed by atoms with E-state index in [1.165, 1.54) is 0 Å². The Morgan fingerprint density at radius 2 is 2.17 bits per heavy atom. The van der Waals surface area contributed by atoms with Crippen LogP contribution in [0.4, 0.5) is 11.4 Å². The molecular weight excluding hydrogens is 226 g/mol. The van der Waals surface area contributed by atoms with Crippen LogP contribution in [0.2, 0.25) is 0 Å². The van der Waals surface area contributed by atoms with E-state index in [0.29, 0.717) is 11.6 Å². The summed E-state index contributed by atoms with van der Waals surface area (Å²) in [5, 5.41) is 13.3. The van der Waals surface area contributed by atoms with E-state index in [-0.39, 0.29) is 6.61 Å². The van der Waals surface area contributed by atoms with Gasteiger partial charge in [-0.1, -0.05) is 25.1 Å². The van der Waals surface area contributed by atoms with Gasteiger partial charge in [-0.15, -0.1) is 0 Å². The second kappa shape index (κ2) is 5.69. The highest BCUT2D eigenvalue weighted by atomic mass is 16.3. The van der Waals surface area contributed by atoms with Gasteiger partial charge in [-0.2, -0.15) is 0 Å². The van der Waals surface area contributed by atoms with Crippen LogP contribution in [0.1, 0.15) is 13.3 Å². The summed E-state index contributed by atoms with van der Waals surface area (Å²) in [7, 11) is 0. The summed E-state index contributed by atoms with van der Waals surface area (Å²) in [6.45, 7) is 3.11. The summed E-state index contributed by atoms with van der Waals surface area (Å²) in [6.07, 6.45) is 2.47. The van der Waals surface area contributed by atoms with Crippen molar-refractivity contribution in [1.82, 2.24) is 4.98 Å². The van der Waals surface area contributed by atoms with Crippen LogP contribution in [-0.4, -0.2) is 23.2 Å². The molecule has 1 heterocycles. The third-order valence-corrected chi connectivity index (χ3v) is 3.05. The average Bonchev–Trinajstić information content (AvgIpc) is 2.38. The lowest BCUT2D eigenvalue weighted by Crippen LogP contribution is -2.14. The van der Waals surface area contributed by atoms with Gasteiger partial charge in [0.1, 0.15) is 0 Å². The number of nitrogens with two attached hydrogens (primary N) is 1. The number of hydrogen-bond acceptors (Lipinski definition) is 4. The van der Waals surface area contributed by atoms with Gasteiger partial charge < -0.3 is 16.2 Å². The molecule has 2 rings (SSSR count). The van der Waals surface area contributed by atoms with E-state index in [4.69, 9.17) is 10.8 Å².